The normalized spacial score (nSPS) is 14.5. The second kappa shape index (κ2) is 8.95. The van der Waals surface area contributed by atoms with Crippen LogP contribution in [0.15, 0.2) is 100 Å². The van der Waals surface area contributed by atoms with Crippen LogP contribution in [0.5, 0.6) is 5.75 Å². The minimum Gasteiger partial charge on any atom is -0.497 e. The van der Waals surface area contributed by atoms with Gasteiger partial charge in [-0.05, 0) is 42.8 Å². The molecule has 0 N–H and O–H groups in total. The van der Waals surface area contributed by atoms with Crippen LogP contribution in [-0.4, -0.2) is 28.2 Å². The standard InChI is InChI=1S/C28H24N4O3/c1-19-25(28(34)32(30(19)2)22-12-8-5-9-13-22)31-26(21-10-6-4-7-11-21)29-24(27(31)33)18-20-14-16-23(35-3)17-15-20/h4-18H,1-3H3/b24-18+. The average molecular weight is 465 g/mol. The first-order valence-corrected chi connectivity index (χ1v) is 11.2. The lowest BCUT2D eigenvalue weighted by atomic mass is 10.1. The SMILES string of the molecule is COc1ccc(/C=C2/N=C(c3ccccc3)N(c3c(C)n(C)n(-c4ccccc4)c3=O)C2=O)cc1. The van der Waals surface area contributed by atoms with Crippen LogP contribution in [0.3, 0.4) is 0 Å². The van der Waals surface area contributed by atoms with Gasteiger partial charge in [0.2, 0.25) is 0 Å². The molecule has 0 fully saturated rings. The van der Waals surface area contributed by atoms with E-state index in [2.05, 4.69) is 0 Å². The molecule has 1 aliphatic heterocycles. The number of benzene rings is 3. The van der Waals surface area contributed by atoms with E-state index < -0.39 is 0 Å². The van der Waals surface area contributed by atoms with E-state index in [1.165, 1.54) is 4.90 Å². The summed E-state index contributed by atoms with van der Waals surface area (Å²) < 4.78 is 8.54. The highest BCUT2D eigenvalue weighted by atomic mass is 16.5. The zero-order valence-corrected chi connectivity index (χ0v) is 19.7. The van der Waals surface area contributed by atoms with Gasteiger partial charge in [-0.1, -0.05) is 60.7 Å². The van der Waals surface area contributed by atoms with E-state index in [-0.39, 0.29) is 22.9 Å². The molecular weight excluding hydrogens is 440 g/mol. The fourth-order valence-electron chi connectivity index (χ4n) is 4.17. The third-order valence-electron chi connectivity index (χ3n) is 6.06. The summed E-state index contributed by atoms with van der Waals surface area (Å²) in [5, 5.41) is 0. The molecule has 1 aliphatic rings. The van der Waals surface area contributed by atoms with Gasteiger partial charge in [0.25, 0.3) is 11.5 Å². The summed E-state index contributed by atoms with van der Waals surface area (Å²) in [7, 11) is 3.41. The summed E-state index contributed by atoms with van der Waals surface area (Å²) in [5.41, 5.74) is 3.16. The van der Waals surface area contributed by atoms with E-state index in [4.69, 9.17) is 9.73 Å². The molecular formula is C28H24N4O3. The number of amidine groups is 1. The smallest absolute Gasteiger partial charge is 0.296 e. The van der Waals surface area contributed by atoms with Crippen molar-refractivity contribution in [1.29, 1.82) is 0 Å². The van der Waals surface area contributed by atoms with Gasteiger partial charge in [-0.15, -0.1) is 0 Å². The molecule has 0 bridgehead atoms. The quantitative estimate of drug-likeness (QED) is 0.413. The maximum atomic E-state index is 13.7. The number of carbonyl (C=O) groups is 1. The molecule has 1 aromatic heterocycles. The van der Waals surface area contributed by atoms with E-state index in [9.17, 15) is 9.59 Å². The molecule has 174 valence electrons. The van der Waals surface area contributed by atoms with Crippen molar-refractivity contribution >= 4 is 23.5 Å². The van der Waals surface area contributed by atoms with Gasteiger partial charge in [0.05, 0.1) is 18.5 Å². The lowest BCUT2D eigenvalue weighted by Gasteiger charge is -2.17. The molecule has 0 unspecified atom stereocenters. The van der Waals surface area contributed by atoms with Crippen molar-refractivity contribution in [3.8, 4) is 11.4 Å². The zero-order valence-electron chi connectivity index (χ0n) is 19.7. The number of hydrogen-bond donors (Lipinski definition) is 0. The van der Waals surface area contributed by atoms with Crippen LogP contribution in [0, 0.1) is 6.92 Å². The molecule has 1 amide bonds. The zero-order chi connectivity index (χ0) is 24.5. The summed E-state index contributed by atoms with van der Waals surface area (Å²) in [4.78, 5) is 33.6. The van der Waals surface area contributed by atoms with E-state index in [0.717, 1.165) is 16.9 Å². The molecule has 2 heterocycles. The molecule has 7 nitrogen and oxygen atoms in total. The van der Waals surface area contributed by atoms with Crippen LogP contribution < -0.4 is 15.2 Å². The number of methoxy groups -OCH3 is 1. The molecule has 0 saturated heterocycles. The number of aliphatic imine (C=N–C) groups is 1. The fourth-order valence-corrected chi connectivity index (χ4v) is 4.17. The van der Waals surface area contributed by atoms with Crippen molar-refractivity contribution in [3.63, 3.8) is 0 Å². The van der Waals surface area contributed by atoms with Crippen LogP contribution in [0.2, 0.25) is 0 Å². The molecule has 35 heavy (non-hydrogen) atoms. The van der Waals surface area contributed by atoms with E-state index >= 15 is 0 Å². The molecule has 3 aromatic carbocycles. The lowest BCUT2D eigenvalue weighted by molar-refractivity contribution is -0.113. The Morgan fingerprint density at radius 3 is 2.11 bits per heavy atom. The Bertz CT molecular complexity index is 1510. The molecule has 0 radical (unpaired) electrons. The largest absolute Gasteiger partial charge is 0.497 e. The van der Waals surface area contributed by atoms with Crippen LogP contribution in [0.4, 0.5) is 5.69 Å². The van der Waals surface area contributed by atoms with Crippen molar-refractivity contribution in [2.24, 2.45) is 12.0 Å². The third-order valence-corrected chi connectivity index (χ3v) is 6.06. The van der Waals surface area contributed by atoms with Gasteiger partial charge in [-0.25, -0.2) is 9.67 Å². The topological polar surface area (TPSA) is 68.8 Å². The summed E-state index contributed by atoms with van der Waals surface area (Å²) in [6.07, 6.45) is 1.72. The van der Waals surface area contributed by atoms with Crippen molar-refractivity contribution in [2.45, 2.75) is 6.92 Å². The maximum Gasteiger partial charge on any atom is 0.296 e. The molecule has 5 rings (SSSR count). The Morgan fingerprint density at radius 2 is 1.49 bits per heavy atom. The van der Waals surface area contributed by atoms with E-state index in [1.54, 1.807) is 29.6 Å². The summed E-state index contributed by atoms with van der Waals surface area (Å²) in [5.74, 6) is 0.786. The van der Waals surface area contributed by atoms with Crippen LogP contribution in [-0.2, 0) is 11.8 Å². The minimum absolute atomic E-state index is 0.253. The van der Waals surface area contributed by atoms with E-state index in [0.29, 0.717) is 17.2 Å². The van der Waals surface area contributed by atoms with Crippen molar-refractivity contribution in [2.75, 3.05) is 12.0 Å². The van der Waals surface area contributed by atoms with E-state index in [1.807, 2.05) is 91.9 Å². The van der Waals surface area contributed by atoms with Gasteiger partial charge < -0.3 is 4.74 Å². The first kappa shape index (κ1) is 22.2. The number of rotatable bonds is 5. The highest BCUT2D eigenvalue weighted by molar-refractivity contribution is 6.33. The van der Waals surface area contributed by atoms with Gasteiger partial charge in [0, 0.05) is 12.6 Å². The van der Waals surface area contributed by atoms with Crippen LogP contribution in [0.1, 0.15) is 16.8 Å². The molecule has 7 heteroatoms. The predicted molar refractivity (Wildman–Crippen MR) is 137 cm³/mol. The number of ether oxygens (including phenoxy) is 1. The van der Waals surface area contributed by atoms with Gasteiger partial charge in [-0.3, -0.25) is 19.2 Å². The van der Waals surface area contributed by atoms with Gasteiger partial charge in [0.1, 0.15) is 23.0 Å². The fraction of sp³-hybridized carbons (Fsp3) is 0.107. The molecule has 4 aromatic rings. The number of aromatic nitrogens is 2. The Morgan fingerprint density at radius 1 is 0.857 bits per heavy atom. The first-order valence-electron chi connectivity index (χ1n) is 11.2. The summed E-state index contributed by atoms with van der Waals surface area (Å²) in [6, 6.07) is 26.1. The number of carbonyl (C=O) groups excluding carboxylic acids is 1. The minimum atomic E-state index is -0.356. The highest BCUT2D eigenvalue weighted by Crippen LogP contribution is 2.29. The second-order valence-corrected chi connectivity index (χ2v) is 8.15. The average Bonchev–Trinajstić information content (AvgIpc) is 3.32. The van der Waals surface area contributed by atoms with Gasteiger partial charge in [-0.2, -0.15) is 0 Å². The Labute approximate surface area is 202 Å². The Hall–Kier alpha value is -4.65. The maximum absolute atomic E-state index is 13.7. The summed E-state index contributed by atoms with van der Waals surface area (Å²) >= 11 is 0. The Kier molecular flexibility index (Phi) is 5.66. The summed E-state index contributed by atoms with van der Waals surface area (Å²) in [6.45, 7) is 1.83. The van der Waals surface area contributed by atoms with Gasteiger partial charge >= 0.3 is 0 Å². The van der Waals surface area contributed by atoms with Gasteiger partial charge in [0.15, 0.2) is 0 Å². The first-order chi connectivity index (χ1) is 17.0. The number of amides is 1. The number of hydrogen-bond acceptors (Lipinski definition) is 4. The number of nitrogens with zero attached hydrogens (tertiary/aromatic N) is 4. The molecule has 0 aliphatic carbocycles. The van der Waals surface area contributed by atoms with Crippen molar-refractivity contribution < 1.29 is 9.53 Å². The van der Waals surface area contributed by atoms with Crippen molar-refractivity contribution in [1.82, 2.24) is 9.36 Å². The Balaban J connectivity index is 1.67. The second-order valence-electron chi connectivity index (χ2n) is 8.15. The van der Waals surface area contributed by atoms with Crippen molar-refractivity contribution in [3.05, 3.63) is 118 Å². The molecule has 0 spiro atoms. The van der Waals surface area contributed by atoms with Crippen LogP contribution >= 0.6 is 0 Å². The predicted octanol–water partition coefficient (Wildman–Crippen LogP) is 4.33. The molecule has 0 atom stereocenters. The lowest BCUT2D eigenvalue weighted by Crippen LogP contribution is -2.36. The van der Waals surface area contributed by atoms with Crippen LogP contribution in [0.25, 0.3) is 11.8 Å². The monoisotopic (exact) mass is 464 g/mol. The third kappa shape index (κ3) is 3.87. The highest BCUT2D eigenvalue weighted by Gasteiger charge is 2.37. The molecule has 0 saturated carbocycles. The number of para-hydroxylation sites is 1. The number of anilines is 1.